The van der Waals surface area contributed by atoms with Crippen LogP contribution in [0.25, 0.3) is 0 Å². The van der Waals surface area contributed by atoms with Crippen LogP contribution in [0.5, 0.6) is 0 Å². The van der Waals surface area contributed by atoms with Gasteiger partial charge in [0.15, 0.2) is 11.6 Å². The van der Waals surface area contributed by atoms with E-state index in [0.717, 1.165) is 6.07 Å². The van der Waals surface area contributed by atoms with Crippen LogP contribution in [-0.4, -0.2) is 12.5 Å². The van der Waals surface area contributed by atoms with Gasteiger partial charge in [0, 0.05) is 19.0 Å². The second-order valence-electron chi connectivity index (χ2n) is 3.83. The zero-order chi connectivity index (χ0) is 11.7. The van der Waals surface area contributed by atoms with Crippen molar-refractivity contribution in [2.24, 2.45) is 0 Å². The van der Waals surface area contributed by atoms with E-state index < -0.39 is 17.5 Å². The predicted octanol–water partition coefficient (Wildman–Crippen LogP) is 2.10. The Bertz CT molecular complexity index is 433. The third kappa shape index (κ3) is 2.03. The Labute approximate surface area is 90.5 Å². The number of nitrogens with one attached hydrogen (secondary N) is 1. The van der Waals surface area contributed by atoms with Crippen molar-refractivity contribution in [3.63, 3.8) is 0 Å². The minimum atomic E-state index is -1.21. The third-order valence-electron chi connectivity index (χ3n) is 2.73. The van der Waals surface area contributed by atoms with Gasteiger partial charge in [-0.2, -0.15) is 0 Å². The summed E-state index contributed by atoms with van der Waals surface area (Å²) in [6.45, 7) is 0.432. The average molecular weight is 229 g/mol. The van der Waals surface area contributed by atoms with Gasteiger partial charge in [0.05, 0.1) is 0 Å². The Morgan fingerprint density at radius 3 is 2.50 bits per heavy atom. The monoisotopic (exact) mass is 229 g/mol. The fourth-order valence-corrected chi connectivity index (χ4v) is 1.90. The molecule has 0 spiro atoms. The fourth-order valence-electron chi connectivity index (χ4n) is 1.90. The lowest BCUT2D eigenvalue weighted by atomic mass is 9.89. The van der Waals surface area contributed by atoms with Crippen molar-refractivity contribution < 1.29 is 18.0 Å². The van der Waals surface area contributed by atoms with Gasteiger partial charge >= 0.3 is 0 Å². The van der Waals surface area contributed by atoms with Crippen molar-refractivity contribution in [3.8, 4) is 0 Å². The molecule has 1 saturated heterocycles. The first kappa shape index (κ1) is 11.0. The molecule has 86 valence electrons. The van der Waals surface area contributed by atoms with Gasteiger partial charge in [0.2, 0.25) is 5.91 Å². The molecule has 2 rings (SSSR count). The molecule has 1 unspecified atom stereocenters. The first-order valence-electron chi connectivity index (χ1n) is 4.99. The zero-order valence-electron chi connectivity index (χ0n) is 8.40. The standard InChI is InChI=1S/C11H10F3NO/c12-8-5-10(14)9(13)4-7(8)6-1-2-15-11(16)3-6/h4-6H,1-3H2,(H,15,16). The number of rotatable bonds is 1. The second kappa shape index (κ2) is 4.15. The molecule has 16 heavy (non-hydrogen) atoms. The molecule has 1 aliphatic heterocycles. The lowest BCUT2D eigenvalue weighted by molar-refractivity contribution is -0.122. The molecule has 1 heterocycles. The summed E-state index contributed by atoms with van der Waals surface area (Å²) in [6, 6.07) is 1.37. The van der Waals surface area contributed by atoms with Gasteiger partial charge in [-0.1, -0.05) is 0 Å². The zero-order valence-corrected chi connectivity index (χ0v) is 8.40. The SMILES string of the molecule is O=C1CC(c2cc(F)c(F)cc2F)CCN1. The Kier molecular flexibility index (Phi) is 2.85. The van der Waals surface area contributed by atoms with Crippen LogP contribution in [-0.2, 0) is 4.79 Å². The van der Waals surface area contributed by atoms with E-state index in [2.05, 4.69) is 5.32 Å². The number of carbonyl (C=O) groups excluding carboxylic acids is 1. The smallest absolute Gasteiger partial charge is 0.220 e. The van der Waals surface area contributed by atoms with E-state index in [1.54, 1.807) is 0 Å². The van der Waals surface area contributed by atoms with Gasteiger partial charge in [-0.25, -0.2) is 13.2 Å². The molecule has 1 aliphatic rings. The normalized spacial score (nSPS) is 20.7. The maximum absolute atomic E-state index is 13.4. The Balaban J connectivity index is 2.32. The molecule has 0 radical (unpaired) electrons. The summed E-state index contributed by atoms with van der Waals surface area (Å²) < 4.78 is 39.1. The van der Waals surface area contributed by atoms with Crippen LogP contribution in [0.4, 0.5) is 13.2 Å². The molecular formula is C11H10F3NO. The molecular weight excluding hydrogens is 219 g/mol. The van der Waals surface area contributed by atoms with Gasteiger partial charge in [-0.15, -0.1) is 0 Å². The summed E-state index contributed by atoms with van der Waals surface area (Å²) in [4.78, 5) is 11.1. The lowest BCUT2D eigenvalue weighted by Gasteiger charge is -2.22. The number of hydrogen-bond acceptors (Lipinski definition) is 1. The van der Waals surface area contributed by atoms with E-state index in [-0.39, 0.29) is 23.8 Å². The van der Waals surface area contributed by atoms with Crippen molar-refractivity contribution >= 4 is 5.91 Å². The summed E-state index contributed by atoms with van der Waals surface area (Å²) in [6.07, 6.45) is 0.649. The minimum absolute atomic E-state index is 0.0775. The van der Waals surface area contributed by atoms with Gasteiger partial charge < -0.3 is 5.32 Å². The molecule has 2 nitrogen and oxygen atoms in total. The summed E-state index contributed by atoms with van der Waals surface area (Å²) in [5, 5.41) is 2.60. The highest BCUT2D eigenvalue weighted by Crippen LogP contribution is 2.29. The molecule has 1 atom stereocenters. The summed E-state index contributed by atoms with van der Waals surface area (Å²) >= 11 is 0. The lowest BCUT2D eigenvalue weighted by Crippen LogP contribution is -2.32. The highest BCUT2D eigenvalue weighted by molar-refractivity contribution is 5.77. The van der Waals surface area contributed by atoms with Gasteiger partial charge in [-0.3, -0.25) is 4.79 Å². The van der Waals surface area contributed by atoms with E-state index >= 15 is 0 Å². The largest absolute Gasteiger partial charge is 0.356 e. The van der Waals surface area contributed by atoms with E-state index in [1.165, 1.54) is 0 Å². The molecule has 1 aromatic rings. The third-order valence-corrected chi connectivity index (χ3v) is 2.73. The van der Waals surface area contributed by atoms with Crippen LogP contribution in [0.2, 0.25) is 0 Å². The maximum Gasteiger partial charge on any atom is 0.220 e. The van der Waals surface area contributed by atoms with Crippen LogP contribution in [0.1, 0.15) is 24.3 Å². The summed E-state index contributed by atoms with van der Waals surface area (Å²) in [7, 11) is 0. The van der Waals surface area contributed by atoms with Gasteiger partial charge in [0.1, 0.15) is 5.82 Å². The Morgan fingerprint density at radius 2 is 1.81 bits per heavy atom. The number of benzene rings is 1. The van der Waals surface area contributed by atoms with E-state index in [1.807, 2.05) is 0 Å². The van der Waals surface area contributed by atoms with Crippen LogP contribution in [0.15, 0.2) is 12.1 Å². The number of halogens is 3. The highest BCUT2D eigenvalue weighted by Gasteiger charge is 2.24. The fraction of sp³-hybridized carbons (Fsp3) is 0.364. The molecule has 1 amide bonds. The Hall–Kier alpha value is -1.52. The van der Waals surface area contributed by atoms with Crippen molar-refractivity contribution in [1.82, 2.24) is 5.32 Å². The molecule has 1 aromatic carbocycles. The van der Waals surface area contributed by atoms with E-state index in [4.69, 9.17) is 0 Å². The van der Waals surface area contributed by atoms with Crippen molar-refractivity contribution in [2.75, 3.05) is 6.54 Å². The molecule has 5 heteroatoms. The second-order valence-corrected chi connectivity index (χ2v) is 3.83. The van der Waals surface area contributed by atoms with Gasteiger partial charge in [0.25, 0.3) is 0 Å². The van der Waals surface area contributed by atoms with Crippen molar-refractivity contribution in [1.29, 1.82) is 0 Å². The molecule has 0 aromatic heterocycles. The number of amides is 1. The summed E-state index contributed by atoms with van der Waals surface area (Å²) in [5.41, 5.74) is 0.0775. The van der Waals surface area contributed by atoms with Crippen molar-refractivity contribution in [3.05, 3.63) is 35.1 Å². The first-order chi connectivity index (χ1) is 7.58. The van der Waals surface area contributed by atoms with Gasteiger partial charge in [-0.05, 0) is 24.0 Å². The topological polar surface area (TPSA) is 29.1 Å². The quantitative estimate of drug-likeness (QED) is 0.734. The maximum atomic E-state index is 13.4. The Morgan fingerprint density at radius 1 is 1.12 bits per heavy atom. The number of piperidine rings is 1. The predicted molar refractivity (Wildman–Crippen MR) is 51.3 cm³/mol. The molecule has 1 N–H and O–H groups in total. The first-order valence-corrected chi connectivity index (χ1v) is 4.99. The van der Waals surface area contributed by atoms with E-state index in [9.17, 15) is 18.0 Å². The van der Waals surface area contributed by atoms with Crippen LogP contribution >= 0.6 is 0 Å². The molecule has 1 fully saturated rings. The van der Waals surface area contributed by atoms with Crippen LogP contribution in [0, 0.1) is 17.5 Å². The molecule has 0 aliphatic carbocycles. The minimum Gasteiger partial charge on any atom is -0.356 e. The van der Waals surface area contributed by atoms with Crippen molar-refractivity contribution in [2.45, 2.75) is 18.8 Å². The summed E-state index contributed by atoms with van der Waals surface area (Å²) in [5.74, 6) is -3.65. The highest BCUT2D eigenvalue weighted by atomic mass is 19.2. The van der Waals surface area contributed by atoms with Crippen LogP contribution < -0.4 is 5.32 Å². The molecule has 0 bridgehead atoms. The molecule has 0 saturated carbocycles. The van der Waals surface area contributed by atoms with Crippen LogP contribution in [0.3, 0.4) is 0 Å². The van der Waals surface area contributed by atoms with E-state index in [0.29, 0.717) is 19.0 Å². The average Bonchev–Trinajstić information content (AvgIpc) is 2.23. The number of carbonyl (C=O) groups is 1. The number of hydrogen-bond donors (Lipinski definition) is 1.